The summed E-state index contributed by atoms with van der Waals surface area (Å²) >= 11 is 0. The van der Waals surface area contributed by atoms with Gasteiger partial charge in [0.25, 0.3) is 0 Å². The largest absolute Gasteiger partial charge is 0.495 e. The molecule has 15 heavy (non-hydrogen) atoms. The molecule has 0 aliphatic carbocycles. The van der Waals surface area contributed by atoms with Gasteiger partial charge >= 0.3 is 0 Å². The second-order valence-electron chi connectivity index (χ2n) is 4.35. The Morgan fingerprint density at radius 1 is 1.27 bits per heavy atom. The molecule has 1 nitrogen and oxygen atoms in total. The highest BCUT2D eigenvalue weighted by molar-refractivity contribution is 5.31. The summed E-state index contributed by atoms with van der Waals surface area (Å²) in [6.07, 6.45) is 1.42. The lowest BCUT2D eigenvalue weighted by Crippen LogP contribution is -2.00. The molecule has 0 N–H and O–H groups in total. The second-order valence-corrected chi connectivity index (χ2v) is 4.35. The molecule has 0 aromatic heterocycles. The quantitative estimate of drug-likeness (QED) is 0.707. The van der Waals surface area contributed by atoms with Crippen molar-refractivity contribution in [2.45, 2.75) is 39.2 Å². The van der Waals surface area contributed by atoms with Gasteiger partial charge in [0.05, 0.1) is 11.9 Å². The predicted octanol–water partition coefficient (Wildman–Crippen LogP) is 3.87. The van der Waals surface area contributed by atoms with Crippen molar-refractivity contribution in [1.82, 2.24) is 0 Å². The van der Waals surface area contributed by atoms with E-state index in [1.165, 1.54) is 11.1 Å². The average Bonchev–Trinajstić information content (AvgIpc) is 2.58. The van der Waals surface area contributed by atoms with E-state index < -0.39 is 0 Å². The molecule has 1 aliphatic rings. The summed E-state index contributed by atoms with van der Waals surface area (Å²) in [6.45, 7) is 6.47. The minimum Gasteiger partial charge on any atom is -0.495 e. The van der Waals surface area contributed by atoms with Crippen LogP contribution >= 0.6 is 0 Å². The molecule has 0 fully saturated rings. The van der Waals surface area contributed by atoms with Crippen molar-refractivity contribution in [3.8, 4) is 0 Å². The number of hydrogen-bond acceptors (Lipinski definition) is 1. The van der Waals surface area contributed by atoms with Crippen LogP contribution in [-0.4, -0.2) is 6.10 Å². The van der Waals surface area contributed by atoms with Crippen LogP contribution in [0.1, 0.15) is 38.7 Å². The van der Waals surface area contributed by atoms with E-state index in [1.54, 1.807) is 0 Å². The van der Waals surface area contributed by atoms with Gasteiger partial charge in [0.2, 0.25) is 0 Å². The highest BCUT2D eigenvalue weighted by atomic mass is 16.5. The molecular weight excluding hydrogens is 184 g/mol. The minimum absolute atomic E-state index is 0.353. The van der Waals surface area contributed by atoms with Gasteiger partial charge in [-0.15, -0.1) is 0 Å². The van der Waals surface area contributed by atoms with Crippen LogP contribution in [0.2, 0.25) is 0 Å². The third kappa shape index (κ3) is 2.06. The molecule has 0 spiro atoms. The summed E-state index contributed by atoms with van der Waals surface area (Å²) in [5.74, 6) is 1.61. The van der Waals surface area contributed by atoms with Gasteiger partial charge in [0.15, 0.2) is 0 Å². The van der Waals surface area contributed by atoms with Gasteiger partial charge in [0, 0.05) is 12.3 Å². The zero-order valence-corrected chi connectivity index (χ0v) is 9.66. The number of benzene rings is 1. The Hall–Kier alpha value is -1.24. The number of ether oxygens (including phenoxy) is 1. The molecule has 2 unspecified atom stereocenters. The summed E-state index contributed by atoms with van der Waals surface area (Å²) in [4.78, 5) is 0. The number of allylic oxidation sites excluding steroid dienone is 1. The van der Waals surface area contributed by atoms with Crippen LogP contribution in [0.3, 0.4) is 0 Å². The summed E-state index contributed by atoms with van der Waals surface area (Å²) in [6, 6.07) is 10.6. The van der Waals surface area contributed by atoms with E-state index in [9.17, 15) is 0 Å². The molecule has 0 amide bonds. The van der Waals surface area contributed by atoms with E-state index in [-0.39, 0.29) is 0 Å². The van der Waals surface area contributed by atoms with E-state index in [4.69, 9.17) is 4.74 Å². The molecule has 1 aromatic rings. The van der Waals surface area contributed by atoms with Gasteiger partial charge in [0.1, 0.15) is 0 Å². The molecular formula is C14H18O. The van der Waals surface area contributed by atoms with E-state index in [2.05, 4.69) is 51.1 Å². The first-order valence-electron chi connectivity index (χ1n) is 5.59. The first-order valence-corrected chi connectivity index (χ1v) is 5.59. The standard InChI is InChI=1S/C14H18O/c1-10-9-14(12(3)15-10)11(2)13-7-5-4-6-8-13/h4-8,10-11H,9H2,1-3H3. The Kier molecular flexibility index (Phi) is 2.81. The van der Waals surface area contributed by atoms with Gasteiger partial charge in [-0.3, -0.25) is 0 Å². The molecule has 1 heterocycles. The first-order chi connectivity index (χ1) is 7.18. The summed E-state index contributed by atoms with van der Waals surface area (Å²) in [5.41, 5.74) is 2.83. The fraction of sp³-hybridized carbons (Fsp3) is 0.429. The van der Waals surface area contributed by atoms with Crippen LogP contribution in [0.5, 0.6) is 0 Å². The van der Waals surface area contributed by atoms with E-state index in [0.29, 0.717) is 12.0 Å². The van der Waals surface area contributed by atoms with E-state index in [0.717, 1.165) is 12.2 Å². The molecule has 0 bridgehead atoms. The third-order valence-electron chi connectivity index (χ3n) is 3.16. The van der Waals surface area contributed by atoms with Crippen LogP contribution < -0.4 is 0 Å². The van der Waals surface area contributed by atoms with Crippen molar-refractivity contribution >= 4 is 0 Å². The number of rotatable bonds is 2. The van der Waals surface area contributed by atoms with E-state index >= 15 is 0 Å². The molecule has 0 saturated heterocycles. The molecule has 0 radical (unpaired) electrons. The van der Waals surface area contributed by atoms with Crippen LogP contribution in [0, 0.1) is 0 Å². The minimum atomic E-state index is 0.353. The Morgan fingerprint density at radius 3 is 2.47 bits per heavy atom. The van der Waals surface area contributed by atoms with Gasteiger partial charge in [-0.25, -0.2) is 0 Å². The van der Waals surface area contributed by atoms with Crippen molar-refractivity contribution in [2.75, 3.05) is 0 Å². The summed E-state index contributed by atoms with van der Waals surface area (Å²) in [5, 5.41) is 0. The fourth-order valence-corrected chi connectivity index (χ4v) is 2.30. The van der Waals surface area contributed by atoms with Crippen molar-refractivity contribution in [3.05, 3.63) is 47.2 Å². The SMILES string of the molecule is CC1=C(C(C)c2ccccc2)CC(C)O1. The summed E-state index contributed by atoms with van der Waals surface area (Å²) < 4.78 is 5.70. The Balaban J connectivity index is 2.22. The zero-order valence-electron chi connectivity index (χ0n) is 9.66. The van der Waals surface area contributed by atoms with Gasteiger partial charge in [-0.2, -0.15) is 0 Å². The van der Waals surface area contributed by atoms with Crippen molar-refractivity contribution in [2.24, 2.45) is 0 Å². The smallest absolute Gasteiger partial charge is 0.0992 e. The Labute approximate surface area is 91.8 Å². The lowest BCUT2D eigenvalue weighted by atomic mass is 9.90. The van der Waals surface area contributed by atoms with Crippen molar-refractivity contribution in [3.63, 3.8) is 0 Å². The maximum atomic E-state index is 5.70. The van der Waals surface area contributed by atoms with Gasteiger partial charge < -0.3 is 4.74 Å². The van der Waals surface area contributed by atoms with E-state index in [1.807, 2.05) is 0 Å². The molecule has 80 valence electrons. The Bertz CT molecular complexity index is 364. The zero-order chi connectivity index (χ0) is 10.8. The topological polar surface area (TPSA) is 9.23 Å². The molecule has 1 heteroatoms. The monoisotopic (exact) mass is 202 g/mol. The van der Waals surface area contributed by atoms with Crippen LogP contribution in [0.15, 0.2) is 41.7 Å². The third-order valence-corrected chi connectivity index (χ3v) is 3.16. The first kappa shape index (κ1) is 10.3. The normalized spacial score (nSPS) is 22.7. The van der Waals surface area contributed by atoms with Crippen LogP contribution in [0.25, 0.3) is 0 Å². The summed E-state index contributed by atoms with van der Waals surface area (Å²) in [7, 11) is 0. The van der Waals surface area contributed by atoms with Crippen LogP contribution in [0.4, 0.5) is 0 Å². The van der Waals surface area contributed by atoms with Crippen molar-refractivity contribution < 1.29 is 4.74 Å². The lowest BCUT2D eigenvalue weighted by molar-refractivity contribution is 0.161. The van der Waals surface area contributed by atoms with Crippen molar-refractivity contribution in [1.29, 1.82) is 0 Å². The Morgan fingerprint density at radius 2 is 1.93 bits per heavy atom. The van der Waals surface area contributed by atoms with Crippen LogP contribution in [-0.2, 0) is 4.74 Å². The average molecular weight is 202 g/mol. The molecule has 2 atom stereocenters. The predicted molar refractivity (Wildman–Crippen MR) is 62.7 cm³/mol. The maximum absolute atomic E-state index is 5.70. The molecule has 1 aliphatic heterocycles. The molecule has 0 saturated carbocycles. The van der Waals surface area contributed by atoms with Gasteiger partial charge in [-0.05, 0) is 25.0 Å². The molecule has 2 rings (SSSR count). The highest BCUT2D eigenvalue weighted by Gasteiger charge is 2.24. The lowest BCUT2D eigenvalue weighted by Gasteiger charge is -2.13. The number of hydrogen-bond donors (Lipinski definition) is 0. The second kappa shape index (κ2) is 4.09. The van der Waals surface area contributed by atoms with Gasteiger partial charge in [-0.1, -0.05) is 37.3 Å². The fourth-order valence-electron chi connectivity index (χ4n) is 2.30. The molecule has 1 aromatic carbocycles. The maximum Gasteiger partial charge on any atom is 0.0992 e. The highest BCUT2D eigenvalue weighted by Crippen LogP contribution is 2.35.